The Morgan fingerprint density at radius 2 is 0.797 bits per heavy atom. The molecule has 0 aromatic rings. The van der Waals surface area contributed by atoms with Crippen LogP contribution in [0.5, 0.6) is 0 Å². The van der Waals surface area contributed by atoms with E-state index in [-0.39, 0.29) is 12.5 Å². The lowest BCUT2D eigenvalue weighted by Gasteiger charge is -2.40. The lowest BCUT2D eigenvalue weighted by Crippen LogP contribution is -2.60. The van der Waals surface area contributed by atoms with Gasteiger partial charge in [-0.1, -0.05) is 277 Å². The fourth-order valence-corrected chi connectivity index (χ4v) is 9.72. The summed E-state index contributed by atoms with van der Waals surface area (Å²) in [5, 5.41) is 54.6. The van der Waals surface area contributed by atoms with Crippen LogP contribution in [0, 0.1) is 0 Å². The topological polar surface area (TPSA) is 149 Å². The number of allylic oxidation sites excluding steroid dienone is 17. The molecule has 0 aromatic carbocycles. The number of hydrogen-bond acceptors (Lipinski definition) is 8. The van der Waals surface area contributed by atoms with Crippen LogP contribution in [0.1, 0.15) is 271 Å². The summed E-state index contributed by atoms with van der Waals surface area (Å²) in [4.78, 5) is 13.1. The van der Waals surface area contributed by atoms with E-state index in [9.17, 15) is 30.3 Å². The minimum Gasteiger partial charge on any atom is -0.394 e. The number of aliphatic hydroxyl groups is 5. The quantitative estimate of drug-likeness (QED) is 0.0261. The molecule has 1 aliphatic heterocycles. The Hall–Kier alpha value is -3.15. The Labute approximate surface area is 485 Å². The van der Waals surface area contributed by atoms with E-state index in [1.807, 2.05) is 6.08 Å². The number of ether oxygens (including phenoxy) is 2. The van der Waals surface area contributed by atoms with Gasteiger partial charge in [0.15, 0.2) is 6.29 Å². The van der Waals surface area contributed by atoms with Crippen LogP contribution >= 0.6 is 0 Å². The summed E-state index contributed by atoms with van der Waals surface area (Å²) in [6.45, 7) is 3.65. The monoisotopic (exact) mass is 1100 g/mol. The number of carbonyl (C=O) groups excluding carboxylic acids is 1. The van der Waals surface area contributed by atoms with Crippen molar-refractivity contribution >= 4 is 5.91 Å². The van der Waals surface area contributed by atoms with Crippen LogP contribution in [0.4, 0.5) is 0 Å². The molecule has 1 fully saturated rings. The molecule has 7 unspecified atom stereocenters. The second kappa shape index (κ2) is 58.1. The summed E-state index contributed by atoms with van der Waals surface area (Å²) < 4.78 is 11.3. The smallest absolute Gasteiger partial charge is 0.220 e. The van der Waals surface area contributed by atoms with Crippen LogP contribution in [0.2, 0.25) is 0 Å². The zero-order valence-corrected chi connectivity index (χ0v) is 50.6. The van der Waals surface area contributed by atoms with Crippen molar-refractivity contribution in [2.75, 3.05) is 13.2 Å². The molecule has 79 heavy (non-hydrogen) atoms. The fraction of sp³-hybridized carbons (Fsp3) is 0.729. The van der Waals surface area contributed by atoms with Gasteiger partial charge in [0.05, 0.1) is 25.4 Å². The van der Waals surface area contributed by atoms with Gasteiger partial charge in [0, 0.05) is 6.42 Å². The molecule has 454 valence electrons. The molecular weight excluding hydrogens is 983 g/mol. The highest BCUT2D eigenvalue weighted by Crippen LogP contribution is 2.23. The predicted molar refractivity (Wildman–Crippen MR) is 336 cm³/mol. The van der Waals surface area contributed by atoms with E-state index in [0.29, 0.717) is 6.42 Å². The minimum absolute atomic E-state index is 0.191. The highest BCUT2D eigenvalue weighted by molar-refractivity contribution is 5.76. The zero-order valence-electron chi connectivity index (χ0n) is 50.6. The first kappa shape index (κ1) is 73.9. The number of hydrogen-bond donors (Lipinski definition) is 6. The fourth-order valence-electron chi connectivity index (χ4n) is 9.72. The van der Waals surface area contributed by atoms with E-state index in [1.54, 1.807) is 6.08 Å². The molecule has 0 bridgehead atoms. The van der Waals surface area contributed by atoms with Crippen molar-refractivity contribution in [1.82, 2.24) is 5.32 Å². The van der Waals surface area contributed by atoms with Crippen LogP contribution in [0.15, 0.2) is 109 Å². The normalized spacial score (nSPS) is 19.3. The Morgan fingerprint density at radius 1 is 0.443 bits per heavy atom. The van der Waals surface area contributed by atoms with Crippen LogP contribution in [0.3, 0.4) is 0 Å². The molecule has 6 N–H and O–H groups in total. The Balaban J connectivity index is 2.14. The van der Waals surface area contributed by atoms with Gasteiger partial charge in [-0.05, 0) is 96.3 Å². The molecule has 1 amide bonds. The zero-order chi connectivity index (χ0) is 57.2. The molecule has 9 heteroatoms. The second-order valence-corrected chi connectivity index (χ2v) is 22.2. The number of aliphatic hydroxyl groups excluding tert-OH is 5. The van der Waals surface area contributed by atoms with Gasteiger partial charge in [-0.2, -0.15) is 0 Å². The van der Waals surface area contributed by atoms with Crippen LogP contribution in [-0.4, -0.2) is 87.5 Å². The standard InChI is InChI=1S/C70H121NO8/c1-3-5-7-9-11-13-15-17-19-21-23-24-25-26-27-28-29-30-31-32-33-34-35-36-37-38-39-40-42-44-46-48-50-52-54-56-58-60-66(74)71-63(62-78-70-69(77)68(76)67(75)65(61-72)79-70)64(73)59-57-55-53-51-49-47-45-43-41-22-20-18-16-14-12-10-8-6-4-2/h5,7,11,13,17,19,23-24,26-27,29-30,41,43,49,51,57,59,63-65,67-70,72-73,75-77H,3-4,6,8-10,12,14-16,18,20-22,25,28,31-40,42,44-48,50,52-56,58,60-62H2,1-2H3,(H,71,74)/b7-5-,13-11-,19-17-,24-23-,27-26-,30-29-,43-41+,51-49+,59-57+. The summed E-state index contributed by atoms with van der Waals surface area (Å²) in [7, 11) is 0. The molecule has 0 aliphatic carbocycles. The van der Waals surface area contributed by atoms with Crippen molar-refractivity contribution in [3.05, 3.63) is 109 Å². The minimum atomic E-state index is -1.58. The van der Waals surface area contributed by atoms with E-state index >= 15 is 0 Å². The molecule has 1 heterocycles. The lowest BCUT2D eigenvalue weighted by atomic mass is 9.99. The van der Waals surface area contributed by atoms with Crippen molar-refractivity contribution in [2.45, 2.75) is 314 Å². The number of amides is 1. The molecular formula is C70H121NO8. The third kappa shape index (κ3) is 47.1. The maximum atomic E-state index is 13.1. The summed E-state index contributed by atoms with van der Waals surface area (Å²) >= 11 is 0. The van der Waals surface area contributed by atoms with Crippen molar-refractivity contribution in [2.24, 2.45) is 0 Å². The molecule has 0 aromatic heterocycles. The maximum Gasteiger partial charge on any atom is 0.220 e. The number of rotatable bonds is 55. The van der Waals surface area contributed by atoms with E-state index in [2.05, 4.69) is 116 Å². The van der Waals surface area contributed by atoms with Gasteiger partial charge in [0.1, 0.15) is 24.4 Å². The van der Waals surface area contributed by atoms with Gasteiger partial charge < -0.3 is 40.3 Å². The van der Waals surface area contributed by atoms with Crippen LogP contribution in [0.25, 0.3) is 0 Å². The number of carbonyl (C=O) groups is 1. The average Bonchev–Trinajstić information content (AvgIpc) is 3.46. The average molecular weight is 1100 g/mol. The molecule has 9 nitrogen and oxygen atoms in total. The number of unbranched alkanes of at least 4 members (excludes halogenated alkanes) is 29. The number of nitrogens with one attached hydrogen (secondary N) is 1. The van der Waals surface area contributed by atoms with Crippen molar-refractivity contribution in [3.63, 3.8) is 0 Å². The third-order valence-electron chi connectivity index (χ3n) is 14.8. The lowest BCUT2D eigenvalue weighted by molar-refractivity contribution is -0.302. The summed E-state index contributed by atoms with van der Waals surface area (Å²) in [6.07, 6.45) is 78.9. The SMILES string of the molecule is CC/C=C\C/C=C\C/C=C\C/C=C\C/C=C\C/C=C\CCCCCCCCCCCCCCCCCCCCC(=O)NC(COC1OC(CO)C(O)C(O)C1O)C(O)/C=C/CC/C=C/CC/C=C/CCCCCCCCCCC. The maximum absolute atomic E-state index is 13.1. The molecule has 0 spiro atoms. The summed E-state index contributed by atoms with van der Waals surface area (Å²) in [5.41, 5.74) is 0. The highest BCUT2D eigenvalue weighted by Gasteiger charge is 2.44. The second-order valence-electron chi connectivity index (χ2n) is 22.2. The Morgan fingerprint density at radius 3 is 1.22 bits per heavy atom. The first-order valence-electron chi connectivity index (χ1n) is 32.6. The van der Waals surface area contributed by atoms with E-state index in [0.717, 1.165) is 89.9 Å². The molecule has 1 saturated heterocycles. The molecule has 7 atom stereocenters. The molecule has 0 radical (unpaired) electrons. The molecule has 1 rings (SSSR count). The van der Waals surface area contributed by atoms with Crippen LogP contribution < -0.4 is 5.32 Å². The summed E-state index contributed by atoms with van der Waals surface area (Å²) in [5.74, 6) is -0.191. The third-order valence-corrected chi connectivity index (χ3v) is 14.8. The van der Waals surface area contributed by atoms with Gasteiger partial charge in [-0.15, -0.1) is 0 Å². The van der Waals surface area contributed by atoms with Gasteiger partial charge in [0.25, 0.3) is 0 Å². The van der Waals surface area contributed by atoms with E-state index in [4.69, 9.17) is 9.47 Å². The van der Waals surface area contributed by atoms with Crippen molar-refractivity contribution < 1.29 is 39.8 Å². The largest absolute Gasteiger partial charge is 0.394 e. The van der Waals surface area contributed by atoms with E-state index < -0.39 is 49.5 Å². The summed E-state index contributed by atoms with van der Waals surface area (Å²) in [6, 6.07) is -0.833. The Bertz CT molecular complexity index is 1610. The van der Waals surface area contributed by atoms with Gasteiger partial charge in [0.2, 0.25) is 5.91 Å². The highest BCUT2D eigenvalue weighted by atomic mass is 16.7. The van der Waals surface area contributed by atoms with Crippen molar-refractivity contribution in [1.29, 1.82) is 0 Å². The van der Waals surface area contributed by atoms with Gasteiger partial charge >= 0.3 is 0 Å². The molecule has 0 saturated carbocycles. The first-order chi connectivity index (χ1) is 38.8. The van der Waals surface area contributed by atoms with E-state index in [1.165, 1.54) is 161 Å². The van der Waals surface area contributed by atoms with Gasteiger partial charge in [-0.25, -0.2) is 0 Å². The van der Waals surface area contributed by atoms with Crippen molar-refractivity contribution in [3.8, 4) is 0 Å². The first-order valence-corrected chi connectivity index (χ1v) is 32.6. The molecule has 1 aliphatic rings. The predicted octanol–water partition coefficient (Wildman–Crippen LogP) is 17.3. The van der Waals surface area contributed by atoms with Crippen LogP contribution in [-0.2, 0) is 14.3 Å². The Kier molecular flexibility index (Phi) is 54.3. The van der Waals surface area contributed by atoms with Gasteiger partial charge in [-0.3, -0.25) is 4.79 Å².